The molecule has 86 valence electrons. The third-order valence-corrected chi connectivity index (χ3v) is 3.04. The molecule has 0 unspecified atom stereocenters. The smallest absolute Gasteiger partial charge is 0.248 e. The van der Waals surface area contributed by atoms with Crippen LogP contribution in [0.2, 0.25) is 0 Å². The zero-order valence-electron chi connectivity index (χ0n) is 9.06. The van der Waals surface area contributed by atoms with Crippen molar-refractivity contribution in [2.75, 3.05) is 18.6 Å². The minimum Gasteiger partial charge on any atom is -0.273 e. The molecule has 0 radical (unpaired) electrons. The minimum atomic E-state index is -3.03. The van der Waals surface area contributed by atoms with Crippen LogP contribution in [-0.4, -0.2) is 43.6 Å². The van der Waals surface area contributed by atoms with Gasteiger partial charge in [-0.2, -0.15) is 5.10 Å². The minimum absolute atomic E-state index is 0.0261. The number of nitrogens with zero attached hydrogens (tertiary/aromatic N) is 2. The van der Waals surface area contributed by atoms with E-state index in [9.17, 15) is 13.2 Å². The van der Waals surface area contributed by atoms with Crippen LogP contribution in [-0.2, 0) is 14.6 Å². The summed E-state index contributed by atoms with van der Waals surface area (Å²) in [6, 6.07) is 0. The highest BCUT2D eigenvalue weighted by Gasteiger charge is 2.23. The van der Waals surface area contributed by atoms with Gasteiger partial charge in [0.15, 0.2) is 0 Å². The van der Waals surface area contributed by atoms with Crippen molar-refractivity contribution in [3.8, 4) is 0 Å². The number of hydrogen-bond donors (Lipinski definition) is 0. The Hall–Kier alpha value is -0.910. The summed E-state index contributed by atoms with van der Waals surface area (Å²) >= 11 is 0. The molecule has 0 aliphatic carbocycles. The second-order valence-electron chi connectivity index (χ2n) is 3.74. The molecule has 0 bridgehead atoms. The van der Waals surface area contributed by atoms with Crippen molar-refractivity contribution in [1.82, 2.24) is 5.01 Å². The Morgan fingerprint density at radius 2 is 2.13 bits per heavy atom. The van der Waals surface area contributed by atoms with E-state index in [0.717, 1.165) is 24.8 Å². The van der Waals surface area contributed by atoms with Crippen molar-refractivity contribution >= 4 is 21.5 Å². The maximum Gasteiger partial charge on any atom is 0.248 e. The molecule has 0 atom stereocenters. The van der Waals surface area contributed by atoms with Gasteiger partial charge in [0.1, 0.15) is 9.84 Å². The molecule has 0 aromatic heterocycles. The highest BCUT2D eigenvalue weighted by molar-refractivity contribution is 7.90. The van der Waals surface area contributed by atoms with Crippen LogP contribution in [0.4, 0.5) is 0 Å². The fourth-order valence-corrected chi connectivity index (χ4v) is 1.89. The largest absolute Gasteiger partial charge is 0.273 e. The molecule has 0 saturated heterocycles. The van der Waals surface area contributed by atoms with Gasteiger partial charge in [0.05, 0.1) is 18.7 Å². The molecule has 0 aromatic rings. The molecule has 6 heteroatoms. The van der Waals surface area contributed by atoms with Crippen molar-refractivity contribution in [3.05, 3.63) is 0 Å². The molecule has 0 spiro atoms. The van der Waals surface area contributed by atoms with Gasteiger partial charge in [-0.05, 0) is 6.42 Å². The summed E-state index contributed by atoms with van der Waals surface area (Å²) < 4.78 is 21.8. The van der Waals surface area contributed by atoms with Crippen molar-refractivity contribution in [3.63, 3.8) is 0 Å². The molecule has 0 aromatic carbocycles. The quantitative estimate of drug-likeness (QED) is 0.690. The zero-order valence-corrected chi connectivity index (χ0v) is 9.88. The molecule has 0 saturated carbocycles. The summed E-state index contributed by atoms with van der Waals surface area (Å²) in [6.07, 6.45) is 3.26. The van der Waals surface area contributed by atoms with Gasteiger partial charge in [-0.3, -0.25) is 4.79 Å². The number of rotatable bonds is 5. The summed E-state index contributed by atoms with van der Waals surface area (Å²) in [6.45, 7) is 2.19. The number of hydrogen-bond acceptors (Lipinski definition) is 4. The Bertz CT molecular complexity index is 373. The molecular formula is C9H16N2O3S. The molecule has 1 amide bonds. The predicted octanol–water partition coefficient (Wildman–Crippen LogP) is 0.419. The van der Waals surface area contributed by atoms with E-state index in [2.05, 4.69) is 5.10 Å². The molecular weight excluding hydrogens is 216 g/mol. The van der Waals surface area contributed by atoms with Gasteiger partial charge in [0.2, 0.25) is 5.91 Å². The lowest BCUT2D eigenvalue weighted by molar-refractivity contribution is -0.128. The number of carbonyl (C=O) groups excluding carboxylic acids is 1. The summed E-state index contributed by atoms with van der Waals surface area (Å²) in [5, 5.41) is 5.37. The SMILES string of the molecule is CCCC1=NN(CCS(C)(=O)=O)C(=O)C1. The van der Waals surface area contributed by atoms with E-state index < -0.39 is 9.84 Å². The van der Waals surface area contributed by atoms with Gasteiger partial charge in [0, 0.05) is 12.0 Å². The summed E-state index contributed by atoms with van der Waals surface area (Å²) in [5.41, 5.74) is 0.857. The van der Waals surface area contributed by atoms with E-state index in [1.807, 2.05) is 6.92 Å². The van der Waals surface area contributed by atoms with E-state index in [1.165, 1.54) is 5.01 Å². The average Bonchev–Trinajstić information content (AvgIpc) is 2.42. The fourth-order valence-electron chi connectivity index (χ4n) is 1.38. The van der Waals surface area contributed by atoms with Gasteiger partial charge < -0.3 is 0 Å². The summed E-state index contributed by atoms with van der Waals surface area (Å²) in [5.74, 6) is -0.121. The van der Waals surface area contributed by atoms with Crippen LogP contribution >= 0.6 is 0 Å². The Morgan fingerprint density at radius 1 is 1.47 bits per heavy atom. The monoisotopic (exact) mass is 232 g/mol. The van der Waals surface area contributed by atoms with Crippen LogP contribution in [0.25, 0.3) is 0 Å². The molecule has 1 heterocycles. The van der Waals surface area contributed by atoms with Crippen molar-refractivity contribution < 1.29 is 13.2 Å². The Morgan fingerprint density at radius 3 is 2.67 bits per heavy atom. The lowest BCUT2D eigenvalue weighted by Crippen LogP contribution is -2.26. The van der Waals surface area contributed by atoms with Gasteiger partial charge in [-0.25, -0.2) is 13.4 Å². The first-order valence-corrected chi connectivity index (χ1v) is 7.03. The first kappa shape index (κ1) is 12.2. The van der Waals surface area contributed by atoms with Crippen LogP contribution in [0.15, 0.2) is 5.10 Å². The molecule has 0 fully saturated rings. The van der Waals surface area contributed by atoms with E-state index in [-0.39, 0.29) is 18.2 Å². The van der Waals surface area contributed by atoms with Crippen LogP contribution in [0.1, 0.15) is 26.2 Å². The molecule has 15 heavy (non-hydrogen) atoms. The van der Waals surface area contributed by atoms with Crippen LogP contribution in [0.3, 0.4) is 0 Å². The lowest BCUT2D eigenvalue weighted by atomic mass is 10.2. The third kappa shape index (κ3) is 3.99. The highest BCUT2D eigenvalue weighted by Crippen LogP contribution is 2.11. The first-order valence-electron chi connectivity index (χ1n) is 4.97. The molecule has 1 aliphatic heterocycles. The van der Waals surface area contributed by atoms with E-state index >= 15 is 0 Å². The number of hydrazone groups is 1. The van der Waals surface area contributed by atoms with Crippen molar-refractivity contribution in [2.24, 2.45) is 5.10 Å². The molecule has 0 N–H and O–H groups in total. The van der Waals surface area contributed by atoms with Crippen LogP contribution in [0, 0.1) is 0 Å². The van der Waals surface area contributed by atoms with Crippen molar-refractivity contribution in [2.45, 2.75) is 26.2 Å². The lowest BCUT2D eigenvalue weighted by Gasteiger charge is -2.09. The molecule has 1 aliphatic rings. The van der Waals surface area contributed by atoms with Crippen LogP contribution in [0.5, 0.6) is 0 Å². The van der Waals surface area contributed by atoms with Gasteiger partial charge in [-0.1, -0.05) is 13.3 Å². The molecule has 1 rings (SSSR count). The van der Waals surface area contributed by atoms with Gasteiger partial charge >= 0.3 is 0 Å². The second kappa shape index (κ2) is 4.74. The Labute approximate surface area is 90.1 Å². The highest BCUT2D eigenvalue weighted by atomic mass is 32.2. The normalized spacial score (nSPS) is 17.1. The maximum absolute atomic E-state index is 11.4. The number of sulfone groups is 1. The number of carbonyl (C=O) groups is 1. The van der Waals surface area contributed by atoms with E-state index in [0.29, 0.717) is 6.42 Å². The third-order valence-electron chi connectivity index (χ3n) is 2.12. The molecule has 5 nitrogen and oxygen atoms in total. The van der Waals surface area contributed by atoms with Crippen LogP contribution < -0.4 is 0 Å². The summed E-state index contributed by atoms with van der Waals surface area (Å²) in [7, 11) is -3.03. The van der Waals surface area contributed by atoms with Gasteiger partial charge in [0.25, 0.3) is 0 Å². The standard InChI is InChI=1S/C9H16N2O3S/c1-3-4-8-7-9(12)11(10-8)5-6-15(2,13)14/h3-7H2,1-2H3. The topological polar surface area (TPSA) is 66.8 Å². The summed E-state index contributed by atoms with van der Waals surface area (Å²) in [4.78, 5) is 11.4. The van der Waals surface area contributed by atoms with Gasteiger partial charge in [-0.15, -0.1) is 0 Å². The zero-order chi connectivity index (χ0) is 11.5. The fraction of sp³-hybridized carbons (Fsp3) is 0.778. The Kier molecular flexibility index (Phi) is 3.84. The maximum atomic E-state index is 11.4. The Balaban J connectivity index is 2.52. The number of amides is 1. The van der Waals surface area contributed by atoms with E-state index in [1.54, 1.807) is 0 Å². The van der Waals surface area contributed by atoms with Crippen molar-refractivity contribution in [1.29, 1.82) is 0 Å². The second-order valence-corrected chi connectivity index (χ2v) is 6.00. The average molecular weight is 232 g/mol. The van der Waals surface area contributed by atoms with E-state index in [4.69, 9.17) is 0 Å². The first-order chi connectivity index (χ1) is 6.92. The predicted molar refractivity (Wildman–Crippen MR) is 58.4 cm³/mol.